The van der Waals surface area contributed by atoms with Gasteiger partial charge in [-0.1, -0.05) is 12.1 Å². The van der Waals surface area contributed by atoms with Crippen molar-refractivity contribution in [2.24, 2.45) is 0 Å². The molecule has 1 aromatic carbocycles. The molecule has 1 saturated heterocycles. The lowest BCUT2D eigenvalue weighted by Gasteiger charge is -2.32. The summed E-state index contributed by atoms with van der Waals surface area (Å²) in [4.78, 5) is 12.2. The number of para-hydroxylation sites is 1. The van der Waals surface area contributed by atoms with E-state index in [4.69, 9.17) is 0 Å². The molecule has 5 heteroatoms. The van der Waals surface area contributed by atoms with Crippen LogP contribution in [0.5, 0.6) is 0 Å². The first-order valence-corrected chi connectivity index (χ1v) is 4.47. The van der Waals surface area contributed by atoms with Crippen LogP contribution in [0, 0.1) is 0 Å². The average molecular weight is 215 g/mol. The van der Waals surface area contributed by atoms with E-state index >= 15 is 0 Å². The Kier molecular flexibility index (Phi) is 2.17. The molecule has 0 radical (unpaired) electrons. The zero-order valence-electron chi connectivity index (χ0n) is 7.71. The quantitative estimate of drug-likeness (QED) is 0.659. The third-order valence-corrected chi connectivity index (χ3v) is 2.35. The van der Waals surface area contributed by atoms with E-state index in [1.165, 1.54) is 18.2 Å². The number of benzene rings is 1. The second kappa shape index (κ2) is 3.25. The van der Waals surface area contributed by atoms with Gasteiger partial charge in [0.2, 0.25) is 5.91 Å². The van der Waals surface area contributed by atoms with Gasteiger partial charge in [0.25, 0.3) is 0 Å². The van der Waals surface area contributed by atoms with Gasteiger partial charge in [0.05, 0.1) is 11.3 Å². The van der Waals surface area contributed by atoms with Crippen molar-refractivity contribution in [1.29, 1.82) is 0 Å². The summed E-state index contributed by atoms with van der Waals surface area (Å²) < 4.78 is 37.7. The van der Waals surface area contributed by atoms with E-state index < -0.39 is 11.7 Å². The van der Waals surface area contributed by atoms with Crippen molar-refractivity contribution in [2.45, 2.75) is 12.6 Å². The number of β-lactam (4-membered cyclic amide) rings is 1. The third-order valence-electron chi connectivity index (χ3n) is 2.35. The molecule has 0 spiro atoms. The number of carbonyl (C=O) groups is 1. The zero-order chi connectivity index (χ0) is 11.1. The molecule has 1 aromatic rings. The van der Waals surface area contributed by atoms with E-state index in [1.54, 1.807) is 0 Å². The molecule has 2 rings (SSSR count). The van der Waals surface area contributed by atoms with E-state index in [9.17, 15) is 18.0 Å². The number of nitrogens with zero attached hydrogens (tertiary/aromatic N) is 1. The topological polar surface area (TPSA) is 20.3 Å². The highest BCUT2D eigenvalue weighted by Gasteiger charge is 2.37. The van der Waals surface area contributed by atoms with Gasteiger partial charge in [-0.25, -0.2) is 0 Å². The molecule has 0 saturated carbocycles. The number of amides is 1. The lowest BCUT2D eigenvalue weighted by molar-refractivity contribution is -0.137. The maximum absolute atomic E-state index is 12.6. The van der Waals surface area contributed by atoms with E-state index in [0.29, 0.717) is 13.0 Å². The molecular formula is C10H8F3NO. The highest BCUT2D eigenvalue weighted by molar-refractivity contribution is 6.00. The summed E-state index contributed by atoms with van der Waals surface area (Å²) in [7, 11) is 0. The highest BCUT2D eigenvalue weighted by Crippen LogP contribution is 2.37. The predicted octanol–water partition coefficient (Wildman–Crippen LogP) is 2.44. The third kappa shape index (κ3) is 1.69. The van der Waals surface area contributed by atoms with Gasteiger partial charge < -0.3 is 4.90 Å². The first-order chi connectivity index (χ1) is 7.00. The minimum absolute atomic E-state index is 0.0405. The van der Waals surface area contributed by atoms with Crippen molar-refractivity contribution >= 4 is 11.6 Å². The smallest absolute Gasteiger partial charge is 0.311 e. The molecular weight excluding hydrogens is 207 g/mol. The summed E-state index contributed by atoms with van der Waals surface area (Å²) in [5.74, 6) is -0.258. The summed E-state index contributed by atoms with van der Waals surface area (Å²) in [6.07, 6.45) is -4.08. The second-order valence-corrected chi connectivity index (χ2v) is 3.31. The normalized spacial score (nSPS) is 16.5. The van der Waals surface area contributed by atoms with Crippen molar-refractivity contribution in [3.63, 3.8) is 0 Å². The maximum Gasteiger partial charge on any atom is 0.418 e. The Morgan fingerprint density at radius 3 is 2.33 bits per heavy atom. The van der Waals surface area contributed by atoms with Crippen LogP contribution in [0.1, 0.15) is 12.0 Å². The molecule has 80 valence electrons. The first kappa shape index (κ1) is 10.0. The number of anilines is 1. The molecule has 1 amide bonds. The number of hydrogen-bond acceptors (Lipinski definition) is 1. The van der Waals surface area contributed by atoms with E-state index in [2.05, 4.69) is 0 Å². The minimum Gasteiger partial charge on any atom is -0.311 e. The Morgan fingerprint density at radius 1 is 1.20 bits per heavy atom. The Balaban J connectivity index is 2.42. The Bertz CT molecular complexity index is 400. The molecule has 0 unspecified atom stereocenters. The van der Waals surface area contributed by atoms with Crippen LogP contribution in [0.4, 0.5) is 18.9 Å². The molecule has 2 nitrogen and oxygen atoms in total. The molecule has 1 aliphatic heterocycles. The highest BCUT2D eigenvalue weighted by atomic mass is 19.4. The zero-order valence-corrected chi connectivity index (χ0v) is 7.71. The van der Waals surface area contributed by atoms with E-state index in [-0.39, 0.29) is 11.6 Å². The summed E-state index contributed by atoms with van der Waals surface area (Å²) in [6, 6.07) is 5.12. The molecule has 0 aliphatic carbocycles. The van der Waals surface area contributed by atoms with Crippen LogP contribution in [0.3, 0.4) is 0 Å². The van der Waals surface area contributed by atoms with Crippen molar-refractivity contribution in [2.75, 3.05) is 11.4 Å². The Morgan fingerprint density at radius 2 is 1.87 bits per heavy atom. The molecule has 0 aromatic heterocycles. The number of rotatable bonds is 1. The predicted molar refractivity (Wildman–Crippen MR) is 48.4 cm³/mol. The fourth-order valence-electron chi connectivity index (χ4n) is 1.52. The van der Waals surface area contributed by atoms with Crippen molar-refractivity contribution < 1.29 is 18.0 Å². The fraction of sp³-hybridized carbons (Fsp3) is 0.300. The number of halogens is 3. The van der Waals surface area contributed by atoms with Gasteiger partial charge >= 0.3 is 6.18 Å². The Labute approximate surface area is 84.3 Å². The molecule has 0 N–H and O–H groups in total. The van der Waals surface area contributed by atoms with Gasteiger partial charge in [0.15, 0.2) is 0 Å². The van der Waals surface area contributed by atoms with E-state index in [1.807, 2.05) is 0 Å². The van der Waals surface area contributed by atoms with Crippen molar-refractivity contribution in [3.8, 4) is 0 Å². The lowest BCUT2D eigenvalue weighted by Crippen LogP contribution is -2.44. The van der Waals surface area contributed by atoms with Crippen LogP contribution >= 0.6 is 0 Å². The molecule has 15 heavy (non-hydrogen) atoms. The largest absolute Gasteiger partial charge is 0.418 e. The summed E-state index contributed by atoms with van der Waals surface area (Å²) >= 11 is 0. The fourth-order valence-corrected chi connectivity index (χ4v) is 1.52. The van der Waals surface area contributed by atoms with Gasteiger partial charge in [0, 0.05) is 13.0 Å². The van der Waals surface area contributed by atoms with Crippen LogP contribution < -0.4 is 4.90 Å². The standard InChI is InChI=1S/C10H8F3NO/c11-10(12,13)7-3-1-2-4-8(7)14-6-5-9(14)15/h1-4H,5-6H2. The molecule has 1 aliphatic rings. The molecule has 0 bridgehead atoms. The summed E-state index contributed by atoms with van der Waals surface area (Å²) in [6.45, 7) is 0.367. The van der Waals surface area contributed by atoms with Crippen molar-refractivity contribution in [1.82, 2.24) is 0 Å². The average Bonchev–Trinajstić information content (AvgIpc) is 2.15. The maximum atomic E-state index is 12.6. The van der Waals surface area contributed by atoms with Gasteiger partial charge in [0.1, 0.15) is 0 Å². The van der Waals surface area contributed by atoms with Crippen LogP contribution in [-0.4, -0.2) is 12.5 Å². The monoisotopic (exact) mass is 215 g/mol. The molecule has 0 atom stereocenters. The second-order valence-electron chi connectivity index (χ2n) is 3.31. The van der Waals surface area contributed by atoms with E-state index in [0.717, 1.165) is 11.0 Å². The number of alkyl halides is 3. The Hall–Kier alpha value is -1.52. The lowest BCUT2D eigenvalue weighted by atomic mass is 10.1. The van der Waals surface area contributed by atoms with Gasteiger partial charge in [-0.3, -0.25) is 4.79 Å². The minimum atomic E-state index is -4.41. The summed E-state index contributed by atoms with van der Waals surface area (Å²) in [5.41, 5.74) is -0.792. The van der Waals surface area contributed by atoms with Crippen LogP contribution in [0.15, 0.2) is 24.3 Å². The number of hydrogen-bond donors (Lipinski definition) is 0. The van der Waals surface area contributed by atoms with Crippen molar-refractivity contribution in [3.05, 3.63) is 29.8 Å². The van der Waals surface area contributed by atoms with Gasteiger partial charge in [-0.2, -0.15) is 13.2 Å². The SMILES string of the molecule is O=C1CCN1c1ccccc1C(F)(F)F. The number of carbonyl (C=O) groups excluding carboxylic acids is 1. The molecule has 1 fully saturated rings. The van der Waals surface area contributed by atoms with Crippen LogP contribution in [-0.2, 0) is 11.0 Å². The van der Waals surface area contributed by atoms with Crippen LogP contribution in [0.2, 0.25) is 0 Å². The summed E-state index contributed by atoms with van der Waals surface area (Å²) in [5, 5.41) is 0. The molecule has 1 heterocycles. The van der Waals surface area contributed by atoms with Gasteiger partial charge in [-0.15, -0.1) is 0 Å². The first-order valence-electron chi connectivity index (χ1n) is 4.47. The van der Waals surface area contributed by atoms with Gasteiger partial charge in [-0.05, 0) is 12.1 Å². The van der Waals surface area contributed by atoms with Crippen LogP contribution in [0.25, 0.3) is 0 Å².